The third kappa shape index (κ3) is 2.76. The fourth-order valence-corrected chi connectivity index (χ4v) is 1.88. The van der Waals surface area contributed by atoms with E-state index < -0.39 is 0 Å². The molecule has 2 unspecified atom stereocenters. The Labute approximate surface area is 75.9 Å². The first kappa shape index (κ1) is 10.0. The molecule has 2 nitrogen and oxygen atoms in total. The Bertz CT molecular complexity index is 136. The Kier molecular flexibility index (Phi) is 3.53. The van der Waals surface area contributed by atoms with E-state index in [1.54, 1.807) is 0 Å². The van der Waals surface area contributed by atoms with Crippen molar-refractivity contribution in [2.24, 2.45) is 5.92 Å². The minimum absolute atomic E-state index is 0.376. The summed E-state index contributed by atoms with van der Waals surface area (Å²) in [6.45, 7) is 8.87. The normalized spacial score (nSPS) is 32.8. The van der Waals surface area contributed by atoms with Gasteiger partial charge in [0.15, 0.2) is 0 Å². The van der Waals surface area contributed by atoms with Crippen molar-refractivity contribution in [3.05, 3.63) is 0 Å². The summed E-state index contributed by atoms with van der Waals surface area (Å²) in [7, 11) is 2.18. The van der Waals surface area contributed by atoms with Crippen molar-refractivity contribution in [2.45, 2.75) is 39.4 Å². The van der Waals surface area contributed by atoms with Crippen LogP contribution in [0.4, 0.5) is 0 Å². The lowest BCUT2D eigenvalue weighted by Crippen LogP contribution is -2.41. The minimum Gasteiger partial charge on any atom is -0.375 e. The highest BCUT2D eigenvalue weighted by atomic mass is 16.5. The molecule has 1 heterocycles. The van der Waals surface area contributed by atoms with Gasteiger partial charge in [0.25, 0.3) is 0 Å². The van der Waals surface area contributed by atoms with Crippen LogP contribution in [0.3, 0.4) is 0 Å². The van der Waals surface area contributed by atoms with Crippen molar-refractivity contribution in [1.82, 2.24) is 4.90 Å². The molecule has 0 aromatic carbocycles. The largest absolute Gasteiger partial charge is 0.375 e. The Morgan fingerprint density at radius 2 is 2.08 bits per heavy atom. The molecule has 0 saturated carbocycles. The van der Waals surface area contributed by atoms with Crippen molar-refractivity contribution in [3.8, 4) is 0 Å². The molecule has 0 spiro atoms. The molecule has 0 aliphatic carbocycles. The minimum atomic E-state index is 0.376. The van der Waals surface area contributed by atoms with Crippen LogP contribution in [0.2, 0.25) is 0 Å². The second kappa shape index (κ2) is 4.24. The highest BCUT2D eigenvalue weighted by Gasteiger charge is 2.25. The number of likely N-dealkylation sites (tertiary alicyclic amines) is 1. The van der Waals surface area contributed by atoms with Gasteiger partial charge in [-0.05, 0) is 33.2 Å². The van der Waals surface area contributed by atoms with Gasteiger partial charge in [-0.3, -0.25) is 0 Å². The third-order valence-corrected chi connectivity index (χ3v) is 2.48. The van der Waals surface area contributed by atoms with Crippen LogP contribution in [0.5, 0.6) is 0 Å². The molecule has 0 aromatic heterocycles. The van der Waals surface area contributed by atoms with Gasteiger partial charge in [0, 0.05) is 13.1 Å². The molecule has 0 radical (unpaired) electrons. The molecule has 1 fully saturated rings. The zero-order valence-electron chi connectivity index (χ0n) is 8.71. The molecule has 0 aromatic rings. The fourth-order valence-electron chi connectivity index (χ4n) is 1.88. The monoisotopic (exact) mass is 171 g/mol. The first-order chi connectivity index (χ1) is 5.59. The summed E-state index contributed by atoms with van der Waals surface area (Å²) in [6, 6.07) is 0. The lowest BCUT2D eigenvalue weighted by Gasteiger charge is -2.35. The molecule has 1 aliphatic rings. The average Bonchev–Trinajstić information content (AvgIpc) is 1.94. The Morgan fingerprint density at radius 1 is 1.42 bits per heavy atom. The summed E-state index contributed by atoms with van der Waals surface area (Å²) in [5.41, 5.74) is 0. The summed E-state index contributed by atoms with van der Waals surface area (Å²) < 4.78 is 5.83. The smallest absolute Gasteiger partial charge is 0.0628 e. The molecule has 1 saturated heterocycles. The molecule has 1 rings (SSSR count). The zero-order valence-corrected chi connectivity index (χ0v) is 8.71. The molecule has 1 aliphatic heterocycles. The van der Waals surface area contributed by atoms with Gasteiger partial charge < -0.3 is 9.64 Å². The summed E-state index contributed by atoms with van der Waals surface area (Å²) in [5.74, 6) is 0.686. The van der Waals surface area contributed by atoms with Gasteiger partial charge in [0.2, 0.25) is 0 Å². The average molecular weight is 171 g/mol. The lowest BCUT2D eigenvalue weighted by atomic mass is 9.97. The molecular formula is C10H21NO. The van der Waals surface area contributed by atoms with E-state index in [-0.39, 0.29) is 0 Å². The van der Waals surface area contributed by atoms with E-state index in [1.165, 1.54) is 19.5 Å². The Hall–Kier alpha value is -0.0800. The molecule has 0 bridgehead atoms. The maximum Gasteiger partial charge on any atom is 0.0628 e. The van der Waals surface area contributed by atoms with Gasteiger partial charge in [-0.25, -0.2) is 0 Å². The van der Waals surface area contributed by atoms with E-state index in [2.05, 4.69) is 32.7 Å². The number of hydrogen-bond donors (Lipinski definition) is 0. The van der Waals surface area contributed by atoms with Crippen LogP contribution in [-0.2, 0) is 4.74 Å². The molecule has 2 heteroatoms. The SMILES string of the molecule is CC(C)OC1CCN(C)CC1C. The second-order valence-electron chi connectivity index (χ2n) is 4.25. The van der Waals surface area contributed by atoms with Gasteiger partial charge in [0.05, 0.1) is 12.2 Å². The second-order valence-corrected chi connectivity index (χ2v) is 4.25. The lowest BCUT2D eigenvalue weighted by molar-refractivity contribution is -0.0531. The topological polar surface area (TPSA) is 12.5 Å². The number of hydrogen-bond acceptors (Lipinski definition) is 2. The van der Waals surface area contributed by atoms with Crippen molar-refractivity contribution < 1.29 is 4.74 Å². The zero-order chi connectivity index (χ0) is 9.14. The fraction of sp³-hybridized carbons (Fsp3) is 1.00. The maximum atomic E-state index is 5.83. The highest BCUT2D eigenvalue weighted by molar-refractivity contribution is 4.76. The highest BCUT2D eigenvalue weighted by Crippen LogP contribution is 2.19. The first-order valence-corrected chi connectivity index (χ1v) is 4.93. The van der Waals surface area contributed by atoms with E-state index in [0.717, 1.165) is 0 Å². The van der Waals surface area contributed by atoms with Crippen LogP contribution in [0.25, 0.3) is 0 Å². The summed E-state index contributed by atoms with van der Waals surface area (Å²) in [5, 5.41) is 0. The molecule has 0 N–H and O–H groups in total. The summed E-state index contributed by atoms with van der Waals surface area (Å²) in [6.07, 6.45) is 2.05. The summed E-state index contributed by atoms with van der Waals surface area (Å²) in [4.78, 5) is 2.38. The standard InChI is InChI=1S/C10H21NO/c1-8(2)12-10-5-6-11(4)7-9(10)3/h8-10H,5-7H2,1-4H3. The van der Waals surface area contributed by atoms with E-state index in [9.17, 15) is 0 Å². The van der Waals surface area contributed by atoms with Crippen LogP contribution in [-0.4, -0.2) is 37.2 Å². The number of nitrogens with zero attached hydrogens (tertiary/aromatic N) is 1. The van der Waals surface area contributed by atoms with Crippen LogP contribution in [0, 0.1) is 5.92 Å². The van der Waals surface area contributed by atoms with Crippen molar-refractivity contribution in [2.75, 3.05) is 20.1 Å². The number of rotatable bonds is 2. The number of ether oxygens (including phenoxy) is 1. The Morgan fingerprint density at radius 3 is 2.58 bits per heavy atom. The maximum absolute atomic E-state index is 5.83. The van der Waals surface area contributed by atoms with E-state index in [4.69, 9.17) is 4.74 Å². The first-order valence-electron chi connectivity index (χ1n) is 4.93. The van der Waals surface area contributed by atoms with Gasteiger partial charge in [-0.15, -0.1) is 0 Å². The van der Waals surface area contributed by atoms with E-state index in [0.29, 0.717) is 18.1 Å². The van der Waals surface area contributed by atoms with Crippen molar-refractivity contribution >= 4 is 0 Å². The van der Waals surface area contributed by atoms with Gasteiger partial charge in [-0.2, -0.15) is 0 Å². The molecule has 72 valence electrons. The van der Waals surface area contributed by atoms with Crippen molar-refractivity contribution in [1.29, 1.82) is 0 Å². The predicted molar refractivity (Wildman–Crippen MR) is 51.3 cm³/mol. The molecule has 2 atom stereocenters. The van der Waals surface area contributed by atoms with Crippen LogP contribution in [0.1, 0.15) is 27.2 Å². The van der Waals surface area contributed by atoms with Gasteiger partial charge in [-0.1, -0.05) is 6.92 Å². The Balaban J connectivity index is 2.34. The summed E-state index contributed by atoms with van der Waals surface area (Å²) >= 11 is 0. The molecule has 12 heavy (non-hydrogen) atoms. The quantitative estimate of drug-likeness (QED) is 0.627. The van der Waals surface area contributed by atoms with Gasteiger partial charge in [0.1, 0.15) is 0 Å². The third-order valence-electron chi connectivity index (χ3n) is 2.48. The predicted octanol–water partition coefficient (Wildman–Crippen LogP) is 1.75. The molecule has 0 amide bonds. The van der Waals surface area contributed by atoms with Gasteiger partial charge >= 0.3 is 0 Å². The van der Waals surface area contributed by atoms with Crippen LogP contribution < -0.4 is 0 Å². The van der Waals surface area contributed by atoms with Crippen LogP contribution in [0.15, 0.2) is 0 Å². The number of piperidine rings is 1. The van der Waals surface area contributed by atoms with E-state index >= 15 is 0 Å². The van der Waals surface area contributed by atoms with Crippen LogP contribution >= 0.6 is 0 Å². The van der Waals surface area contributed by atoms with Crippen molar-refractivity contribution in [3.63, 3.8) is 0 Å². The van der Waals surface area contributed by atoms with E-state index in [1.807, 2.05) is 0 Å². The molecular weight excluding hydrogens is 150 g/mol.